The Balaban J connectivity index is 2.00. The monoisotopic (exact) mass is 286 g/mol. The van der Waals surface area contributed by atoms with Crippen LogP contribution in [0.15, 0.2) is 30.3 Å². The van der Waals surface area contributed by atoms with Gasteiger partial charge in [0.1, 0.15) is 5.69 Å². The lowest BCUT2D eigenvalue weighted by atomic mass is 10.2. The number of aryl methyl sites for hydroxylation is 2. The summed E-state index contributed by atoms with van der Waals surface area (Å²) < 4.78 is 1.59. The first-order valence-corrected chi connectivity index (χ1v) is 7.10. The molecule has 0 fully saturated rings. The Morgan fingerprint density at radius 2 is 1.95 bits per heavy atom. The quantitative estimate of drug-likeness (QED) is 0.887. The fourth-order valence-electron chi connectivity index (χ4n) is 2.05. The summed E-state index contributed by atoms with van der Waals surface area (Å²) in [4.78, 5) is 12.2. The average Bonchev–Trinajstić information content (AvgIpc) is 2.77. The number of nitrogens with one attached hydrogen (secondary N) is 2. The summed E-state index contributed by atoms with van der Waals surface area (Å²) >= 11 is 0. The fourth-order valence-corrected chi connectivity index (χ4v) is 2.05. The summed E-state index contributed by atoms with van der Waals surface area (Å²) in [5, 5.41) is 10.4. The summed E-state index contributed by atoms with van der Waals surface area (Å²) in [5.74, 6) is -0.147. The standard InChI is InChI=1S/C16H22N4O/c1-11(2)17-10-13-5-7-14(8-6-13)18-16(21)15-9-12(3)19-20(15)4/h5-9,11,17H,10H2,1-4H3,(H,18,21). The van der Waals surface area contributed by atoms with Gasteiger partial charge in [-0.2, -0.15) is 5.10 Å². The van der Waals surface area contributed by atoms with E-state index >= 15 is 0 Å². The lowest BCUT2D eigenvalue weighted by molar-refractivity contribution is 0.101. The van der Waals surface area contributed by atoms with Gasteiger partial charge in [0.05, 0.1) is 5.69 Å². The van der Waals surface area contributed by atoms with Crippen molar-refractivity contribution in [3.05, 3.63) is 47.3 Å². The predicted molar refractivity (Wildman–Crippen MR) is 84.3 cm³/mol. The van der Waals surface area contributed by atoms with E-state index in [0.29, 0.717) is 11.7 Å². The molecule has 5 nitrogen and oxygen atoms in total. The Kier molecular flexibility index (Phi) is 4.75. The van der Waals surface area contributed by atoms with Crippen LogP contribution in [0.4, 0.5) is 5.69 Å². The fraction of sp³-hybridized carbons (Fsp3) is 0.375. The van der Waals surface area contributed by atoms with E-state index in [1.54, 1.807) is 17.8 Å². The maximum atomic E-state index is 12.2. The van der Waals surface area contributed by atoms with Gasteiger partial charge in [-0.1, -0.05) is 26.0 Å². The van der Waals surface area contributed by atoms with Crippen molar-refractivity contribution in [2.24, 2.45) is 7.05 Å². The molecule has 112 valence electrons. The minimum absolute atomic E-state index is 0.147. The second kappa shape index (κ2) is 6.54. The van der Waals surface area contributed by atoms with Crippen molar-refractivity contribution < 1.29 is 4.79 Å². The molecule has 0 spiro atoms. The number of hydrogen-bond donors (Lipinski definition) is 2. The lowest BCUT2D eigenvalue weighted by Crippen LogP contribution is -2.21. The zero-order chi connectivity index (χ0) is 15.4. The molecule has 0 aliphatic carbocycles. The number of nitrogens with zero attached hydrogens (tertiary/aromatic N) is 2. The zero-order valence-corrected chi connectivity index (χ0v) is 13.0. The van der Waals surface area contributed by atoms with Gasteiger partial charge in [-0.05, 0) is 30.7 Å². The zero-order valence-electron chi connectivity index (χ0n) is 13.0. The molecule has 2 N–H and O–H groups in total. The summed E-state index contributed by atoms with van der Waals surface area (Å²) in [6, 6.07) is 10.1. The molecule has 1 aromatic carbocycles. The van der Waals surface area contributed by atoms with E-state index in [0.717, 1.165) is 17.9 Å². The topological polar surface area (TPSA) is 59.0 Å². The molecule has 1 aromatic heterocycles. The SMILES string of the molecule is Cc1cc(C(=O)Nc2ccc(CNC(C)C)cc2)n(C)n1. The van der Waals surface area contributed by atoms with Crippen LogP contribution in [-0.4, -0.2) is 21.7 Å². The average molecular weight is 286 g/mol. The van der Waals surface area contributed by atoms with Crippen LogP contribution in [0.3, 0.4) is 0 Å². The number of aromatic nitrogens is 2. The number of amides is 1. The largest absolute Gasteiger partial charge is 0.321 e. The van der Waals surface area contributed by atoms with Crippen LogP contribution in [-0.2, 0) is 13.6 Å². The lowest BCUT2D eigenvalue weighted by Gasteiger charge is -2.09. The number of carbonyl (C=O) groups excluding carboxylic acids is 1. The Morgan fingerprint density at radius 3 is 2.48 bits per heavy atom. The van der Waals surface area contributed by atoms with E-state index in [1.165, 1.54) is 5.56 Å². The Labute approximate surface area is 125 Å². The van der Waals surface area contributed by atoms with Crippen LogP contribution in [0.1, 0.15) is 35.6 Å². The normalized spacial score (nSPS) is 10.9. The smallest absolute Gasteiger partial charge is 0.273 e. The van der Waals surface area contributed by atoms with Gasteiger partial charge in [0, 0.05) is 25.3 Å². The summed E-state index contributed by atoms with van der Waals surface area (Å²) in [6.07, 6.45) is 0. The van der Waals surface area contributed by atoms with Crippen molar-refractivity contribution in [1.82, 2.24) is 15.1 Å². The molecule has 0 atom stereocenters. The van der Waals surface area contributed by atoms with Gasteiger partial charge in [-0.15, -0.1) is 0 Å². The molecule has 2 rings (SSSR count). The number of carbonyl (C=O) groups is 1. The van der Waals surface area contributed by atoms with Gasteiger partial charge < -0.3 is 10.6 Å². The van der Waals surface area contributed by atoms with Crippen LogP contribution >= 0.6 is 0 Å². The van der Waals surface area contributed by atoms with Gasteiger partial charge in [-0.3, -0.25) is 9.48 Å². The number of anilines is 1. The molecule has 0 saturated carbocycles. The molecule has 21 heavy (non-hydrogen) atoms. The molecular formula is C16H22N4O. The van der Waals surface area contributed by atoms with Crippen molar-refractivity contribution in [1.29, 1.82) is 0 Å². The van der Waals surface area contributed by atoms with E-state index in [4.69, 9.17) is 0 Å². The van der Waals surface area contributed by atoms with Crippen LogP contribution in [0.25, 0.3) is 0 Å². The summed E-state index contributed by atoms with van der Waals surface area (Å²) in [7, 11) is 1.77. The first-order chi connectivity index (χ1) is 9.95. The highest BCUT2D eigenvalue weighted by atomic mass is 16.2. The van der Waals surface area contributed by atoms with Crippen LogP contribution in [0.5, 0.6) is 0 Å². The number of benzene rings is 1. The summed E-state index contributed by atoms with van der Waals surface area (Å²) in [5.41, 5.74) is 3.36. The third-order valence-corrected chi connectivity index (χ3v) is 3.16. The maximum Gasteiger partial charge on any atom is 0.273 e. The Morgan fingerprint density at radius 1 is 1.29 bits per heavy atom. The van der Waals surface area contributed by atoms with Gasteiger partial charge in [-0.25, -0.2) is 0 Å². The van der Waals surface area contributed by atoms with E-state index < -0.39 is 0 Å². The third kappa shape index (κ3) is 4.16. The molecule has 2 aromatic rings. The van der Waals surface area contributed by atoms with E-state index in [1.807, 2.05) is 31.2 Å². The minimum Gasteiger partial charge on any atom is -0.321 e. The first kappa shape index (κ1) is 15.3. The van der Waals surface area contributed by atoms with Gasteiger partial charge >= 0.3 is 0 Å². The van der Waals surface area contributed by atoms with Crippen LogP contribution in [0, 0.1) is 6.92 Å². The highest BCUT2D eigenvalue weighted by Crippen LogP contribution is 2.12. The summed E-state index contributed by atoms with van der Waals surface area (Å²) in [6.45, 7) is 6.93. The second-order valence-electron chi connectivity index (χ2n) is 5.48. The Bertz CT molecular complexity index is 614. The minimum atomic E-state index is -0.147. The van der Waals surface area contributed by atoms with Crippen molar-refractivity contribution in [2.75, 3.05) is 5.32 Å². The molecule has 0 aliphatic rings. The molecule has 1 amide bonds. The van der Waals surface area contributed by atoms with Crippen molar-refractivity contribution >= 4 is 11.6 Å². The van der Waals surface area contributed by atoms with E-state index in [-0.39, 0.29) is 5.91 Å². The molecule has 0 bridgehead atoms. The number of hydrogen-bond acceptors (Lipinski definition) is 3. The van der Waals surface area contributed by atoms with Crippen molar-refractivity contribution in [3.63, 3.8) is 0 Å². The van der Waals surface area contributed by atoms with Crippen LogP contribution < -0.4 is 10.6 Å². The first-order valence-electron chi connectivity index (χ1n) is 7.10. The predicted octanol–water partition coefficient (Wildman–Crippen LogP) is 2.48. The molecule has 0 radical (unpaired) electrons. The van der Waals surface area contributed by atoms with Crippen LogP contribution in [0.2, 0.25) is 0 Å². The molecule has 1 heterocycles. The molecular weight excluding hydrogens is 264 g/mol. The molecule has 0 aliphatic heterocycles. The Hall–Kier alpha value is -2.14. The van der Waals surface area contributed by atoms with E-state index in [9.17, 15) is 4.79 Å². The second-order valence-corrected chi connectivity index (χ2v) is 5.48. The highest BCUT2D eigenvalue weighted by molar-refractivity contribution is 6.03. The van der Waals surface area contributed by atoms with E-state index in [2.05, 4.69) is 29.6 Å². The van der Waals surface area contributed by atoms with Gasteiger partial charge in [0.25, 0.3) is 5.91 Å². The van der Waals surface area contributed by atoms with Crippen molar-refractivity contribution in [3.8, 4) is 0 Å². The highest BCUT2D eigenvalue weighted by Gasteiger charge is 2.11. The van der Waals surface area contributed by atoms with Crippen molar-refractivity contribution in [2.45, 2.75) is 33.4 Å². The third-order valence-electron chi connectivity index (χ3n) is 3.16. The van der Waals surface area contributed by atoms with Gasteiger partial charge in [0.2, 0.25) is 0 Å². The molecule has 0 unspecified atom stereocenters. The maximum absolute atomic E-state index is 12.2. The van der Waals surface area contributed by atoms with Gasteiger partial charge in [0.15, 0.2) is 0 Å². The number of rotatable bonds is 5. The molecule has 0 saturated heterocycles. The molecule has 5 heteroatoms.